The van der Waals surface area contributed by atoms with Crippen LogP contribution < -0.4 is 11.1 Å². The maximum atomic E-state index is 12.5. The summed E-state index contributed by atoms with van der Waals surface area (Å²) in [5.41, 5.74) is 6.90. The fraction of sp³-hybridized carbons (Fsp3) is 0.789. The summed E-state index contributed by atoms with van der Waals surface area (Å²) in [6, 6.07) is -0.0312. The summed E-state index contributed by atoms with van der Waals surface area (Å²) in [5.74, 6) is 2.51. The van der Waals surface area contributed by atoms with Crippen molar-refractivity contribution in [1.82, 2.24) is 10.3 Å². The Bertz CT molecular complexity index is 610. The first kappa shape index (κ1) is 17.5. The summed E-state index contributed by atoms with van der Waals surface area (Å²) in [4.78, 5) is 16.9. The molecule has 3 fully saturated rings. The van der Waals surface area contributed by atoms with Crippen LogP contribution in [0.4, 0.5) is 0 Å². The summed E-state index contributed by atoms with van der Waals surface area (Å²) >= 11 is 0. The SMILES string of the molecule is CCC(C)C(N)c1nc(C(=O)NC2CC3CC(C2C)C3(C)C)co1. The predicted octanol–water partition coefficient (Wildman–Crippen LogP) is 3.52. The number of aromatic nitrogens is 1. The molecule has 6 unspecified atom stereocenters. The van der Waals surface area contributed by atoms with E-state index in [1.165, 1.54) is 12.7 Å². The van der Waals surface area contributed by atoms with Crippen molar-refractivity contribution in [1.29, 1.82) is 0 Å². The number of amides is 1. The minimum absolute atomic E-state index is 0.141. The number of rotatable bonds is 5. The summed E-state index contributed by atoms with van der Waals surface area (Å²) in [6.45, 7) is 11.1. The Labute approximate surface area is 144 Å². The van der Waals surface area contributed by atoms with Crippen molar-refractivity contribution in [2.45, 2.75) is 66.0 Å². The second kappa shape index (κ2) is 6.17. The molecule has 1 aromatic rings. The molecule has 1 amide bonds. The van der Waals surface area contributed by atoms with Gasteiger partial charge < -0.3 is 15.5 Å². The number of hydrogen-bond acceptors (Lipinski definition) is 4. The number of oxazole rings is 1. The predicted molar refractivity (Wildman–Crippen MR) is 93.3 cm³/mol. The minimum Gasteiger partial charge on any atom is -0.446 e. The van der Waals surface area contributed by atoms with Gasteiger partial charge in [0, 0.05) is 6.04 Å². The van der Waals surface area contributed by atoms with Gasteiger partial charge in [-0.2, -0.15) is 0 Å². The molecule has 0 spiro atoms. The zero-order valence-electron chi connectivity index (χ0n) is 15.5. The normalized spacial score (nSPS) is 33.4. The third-order valence-electron chi connectivity index (χ3n) is 6.97. The van der Waals surface area contributed by atoms with Gasteiger partial charge in [0.2, 0.25) is 5.89 Å². The molecule has 0 aliphatic heterocycles. The second-order valence-corrected chi connectivity index (χ2v) is 8.52. The third-order valence-corrected chi connectivity index (χ3v) is 6.97. The highest BCUT2D eigenvalue weighted by atomic mass is 16.3. The van der Waals surface area contributed by atoms with E-state index >= 15 is 0 Å². The molecule has 5 heteroatoms. The lowest BCUT2D eigenvalue weighted by Gasteiger charge is -2.62. The minimum atomic E-state index is -0.265. The maximum absolute atomic E-state index is 12.5. The molecular weight excluding hydrogens is 302 g/mol. The number of nitrogens with one attached hydrogen (secondary N) is 1. The van der Waals surface area contributed by atoms with Crippen LogP contribution in [-0.4, -0.2) is 16.9 Å². The van der Waals surface area contributed by atoms with Crippen LogP contribution in [0.1, 0.15) is 76.3 Å². The number of hydrogen-bond donors (Lipinski definition) is 2. The van der Waals surface area contributed by atoms with Crippen LogP contribution in [0, 0.1) is 29.1 Å². The molecule has 24 heavy (non-hydrogen) atoms. The van der Waals surface area contributed by atoms with Crippen LogP contribution in [0.3, 0.4) is 0 Å². The molecule has 0 saturated heterocycles. The second-order valence-electron chi connectivity index (χ2n) is 8.52. The first-order valence-electron chi connectivity index (χ1n) is 9.27. The fourth-order valence-corrected chi connectivity index (χ4v) is 4.63. The molecule has 0 radical (unpaired) electrons. The van der Waals surface area contributed by atoms with Crippen molar-refractivity contribution in [3.05, 3.63) is 17.8 Å². The van der Waals surface area contributed by atoms with E-state index in [1.54, 1.807) is 0 Å². The van der Waals surface area contributed by atoms with Crippen molar-refractivity contribution >= 4 is 5.91 Å². The molecule has 1 heterocycles. The molecule has 5 nitrogen and oxygen atoms in total. The summed E-state index contributed by atoms with van der Waals surface area (Å²) in [7, 11) is 0. The number of nitrogens with two attached hydrogens (primary N) is 1. The zero-order chi connectivity index (χ0) is 17.6. The topological polar surface area (TPSA) is 81.1 Å². The highest BCUT2D eigenvalue weighted by Crippen LogP contribution is 2.61. The van der Waals surface area contributed by atoms with Crippen LogP contribution in [0.25, 0.3) is 0 Å². The van der Waals surface area contributed by atoms with E-state index < -0.39 is 0 Å². The quantitative estimate of drug-likeness (QED) is 0.864. The van der Waals surface area contributed by atoms with E-state index in [0.717, 1.165) is 18.8 Å². The molecule has 134 valence electrons. The van der Waals surface area contributed by atoms with Crippen molar-refractivity contribution < 1.29 is 9.21 Å². The van der Waals surface area contributed by atoms with E-state index in [9.17, 15) is 4.79 Å². The molecule has 6 atom stereocenters. The van der Waals surface area contributed by atoms with Gasteiger partial charge in [0.05, 0.1) is 6.04 Å². The average Bonchev–Trinajstić information content (AvgIpc) is 3.04. The molecule has 4 rings (SSSR count). The fourth-order valence-electron chi connectivity index (χ4n) is 4.63. The van der Waals surface area contributed by atoms with E-state index in [-0.39, 0.29) is 23.9 Å². The highest BCUT2D eigenvalue weighted by Gasteiger charge is 2.56. The Kier molecular flexibility index (Phi) is 4.49. The van der Waals surface area contributed by atoms with Gasteiger partial charge in [0.25, 0.3) is 5.91 Å². The Morgan fingerprint density at radius 2 is 2.21 bits per heavy atom. The molecule has 3 aliphatic rings. The first-order chi connectivity index (χ1) is 11.3. The molecular formula is C19H31N3O2. The van der Waals surface area contributed by atoms with Gasteiger partial charge in [-0.1, -0.05) is 41.0 Å². The number of carbonyl (C=O) groups is 1. The van der Waals surface area contributed by atoms with Crippen LogP contribution in [-0.2, 0) is 0 Å². The maximum Gasteiger partial charge on any atom is 0.273 e. The van der Waals surface area contributed by atoms with Gasteiger partial charge in [0.15, 0.2) is 5.69 Å². The Morgan fingerprint density at radius 1 is 1.50 bits per heavy atom. The molecule has 3 aliphatic carbocycles. The highest BCUT2D eigenvalue weighted by molar-refractivity contribution is 5.92. The largest absolute Gasteiger partial charge is 0.446 e. The van der Waals surface area contributed by atoms with E-state index in [1.807, 2.05) is 0 Å². The molecule has 2 bridgehead atoms. The summed E-state index contributed by atoms with van der Waals surface area (Å²) in [5, 5.41) is 3.18. The van der Waals surface area contributed by atoms with Crippen molar-refractivity contribution in [2.75, 3.05) is 0 Å². The van der Waals surface area contributed by atoms with Crippen molar-refractivity contribution in [3.8, 4) is 0 Å². The number of carbonyl (C=O) groups excluding carboxylic acids is 1. The van der Waals surface area contributed by atoms with Crippen molar-refractivity contribution in [2.24, 2.45) is 34.8 Å². The van der Waals surface area contributed by atoms with Gasteiger partial charge >= 0.3 is 0 Å². The summed E-state index contributed by atoms with van der Waals surface area (Å²) in [6.07, 6.45) is 4.75. The number of fused-ring (bicyclic) bond motifs is 2. The first-order valence-corrected chi connectivity index (χ1v) is 9.27. The lowest BCUT2D eigenvalue weighted by atomic mass is 9.45. The van der Waals surface area contributed by atoms with Gasteiger partial charge in [0.1, 0.15) is 6.26 Å². The Balaban J connectivity index is 1.63. The standard InChI is InChI=1S/C19H31N3O2/c1-6-10(2)16(20)18-22-15(9-24-18)17(23)21-14-8-12-7-13(11(14)3)19(12,4)5/h9-14,16H,6-8,20H2,1-5H3,(H,21,23). The zero-order valence-corrected chi connectivity index (χ0v) is 15.5. The third kappa shape index (κ3) is 2.77. The Morgan fingerprint density at radius 3 is 2.79 bits per heavy atom. The molecule has 1 aromatic heterocycles. The van der Waals surface area contributed by atoms with Crippen LogP contribution in [0.2, 0.25) is 0 Å². The van der Waals surface area contributed by atoms with Crippen LogP contribution in [0.5, 0.6) is 0 Å². The molecule has 3 saturated carbocycles. The number of nitrogens with zero attached hydrogens (tertiary/aromatic N) is 1. The van der Waals surface area contributed by atoms with Crippen LogP contribution >= 0.6 is 0 Å². The average molecular weight is 333 g/mol. The molecule has 3 N–H and O–H groups in total. The smallest absolute Gasteiger partial charge is 0.273 e. The van der Waals surface area contributed by atoms with Gasteiger partial charge in [-0.3, -0.25) is 4.79 Å². The lowest BCUT2D eigenvalue weighted by molar-refractivity contribution is -0.113. The van der Waals surface area contributed by atoms with Crippen LogP contribution in [0.15, 0.2) is 10.7 Å². The van der Waals surface area contributed by atoms with Crippen molar-refractivity contribution in [3.63, 3.8) is 0 Å². The monoisotopic (exact) mass is 333 g/mol. The molecule has 0 aromatic carbocycles. The van der Waals surface area contributed by atoms with E-state index in [4.69, 9.17) is 10.2 Å². The lowest BCUT2D eigenvalue weighted by Crippen LogP contribution is -2.60. The van der Waals surface area contributed by atoms with Gasteiger partial charge in [-0.15, -0.1) is 0 Å². The Hall–Kier alpha value is -1.36. The summed E-state index contributed by atoms with van der Waals surface area (Å²) < 4.78 is 5.45. The van der Waals surface area contributed by atoms with E-state index in [2.05, 4.69) is 44.9 Å². The van der Waals surface area contributed by atoms with Gasteiger partial charge in [-0.05, 0) is 41.9 Å². The van der Waals surface area contributed by atoms with Gasteiger partial charge in [-0.25, -0.2) is 4.98 Å². The van der Waals surface area contributed by atoms with E-state index in [0.29, 0.717) is 28.8 Å².